The number of thiazole rings is 1. The van der Waals surface area contributed by atoms with Crippen LogP contribution in [0.3, 0.4) is 0 Å². The van der Waals surface area contributed by atoms with Crippen LogP contribution in [0.25, 0.3) is 0 Å². The number of benzene rings is 1. The van der Waals surface area contributed by atoms with Crippen molar-refractivity contribution in [3.8, 4) is 0 Å². The van der Waals surface area contributed by atoms with E-state index in [9.17, 15) is 4.79 Å². The molecule has 0 saturated carbocycles. The normalized spacial score (nSPS) is 12.2. The maximum atomic E-state index is 11.8. The van der Waals surface area contributed by atoms with Crippen LogP contribution in [0.4, 0.5) is 0 Å². The molecule has 18 heavy (non-hydrogen) atoms. The Hall–Kier alpha value is -1.10. The molecule has 0 aliphatic carbocycles. The molecule has 0 aliphatic rings. The molecule has 0 bridgehead atoms. The first-order valence-electron chi connectivity index (χ1n) is 5.22. The summed E-state index contributed by atoms with van der Waals surface area (Å²) < 4.78 is 0. The first-order valence-corrected chi connectivity index (χ1v) is 6.92. The van der Waals surface area contributed by atoms with Gasteiger partial charge in [0.25, 0.3) is 5.91 Å². The summed E-state index contributed by atoms with van der Waals surface area (Å²) in [6.07, 6.45) is 0. The minimum atomic E-state index is -0.213. The van der Waals surface area contributed by atoms with Gasteiger partial charge in [-0.05, 0) is 24.6 Å². The Morgan fingerprint density at radius 3 is 2.83 bits per heavy atom. The highest BCUT2D eigenvalue weighted by atomic mass is 35.5. The Labute approximate surface area is 119 Å². The largest absolute Gasteiger partial charge is 0.344 e. The van der Waals surface area contributed by atoms with Crippen LogP contribution in [0, 0.1) is 0 Å². The monoisotopic (exact) mass is 300 g/mol. The van der Waals surface area contributed by atoms with Crippen LogP contribution >= 0.6 is 34.5 Å². The Balaban J connectivity index is 2.12. The van der Waals surface area contributed by atoms with E-state index in [-0.39, 0.29) is 11.9 Å². The molecule has 0 fully saturated rings. The molecule has 6 heteroatoms. The molecule has 3 nitrogen and oxygen atoms in total. The van der Waals surface area contributed by atoms with E-state index in [2.05, 4.69) is 10.3 Å². The predicted molar refractivity (Wildman–Crippen MR) is 74.5 cm³/mol. The number of rotatable bonds is 3. The van der Waals surface area contributed by atoms with Crippen molar-refractivity contribution in [3.63, 3.8) is 0 Å². The van der Waals surface area contributed by atoms with Gasteiger partial charge in [-0.15, -0.1) is 11.3 Å². The van der Waals surface area contributed by atoms with Crippen LogP contribution in [0.2, 0.25) is 10.0 Å². The predicted octanol–water partition coefficient (Wildman–Crippen LogP) is 3.94. The minimum absolute atomic E-state index is 0.205. The van der Waals surface area contributed by atoms with Crippen molar-refractivity contribution >= 4 is 40.4 Å². The number of aromatic nitrogens is 1. The first-order chi connectivity index (χ1) is 8.58. The lowest BCUT2D eigenvalue weighted by Gasteiger charge is -2.15. The second kappa shape index (κ2) is 5.69. The van der Waals surface area contributed by atoms with Crippen LogP contribution in [0.5, 0.6) is 0 Å². The molecule has 0 aliphatic heterocycles. The molecular weight excluding hydrogens is 291 g/mol. The van der Waals surface area contributed by atoms with Gasteiger partial charge < -0.3 is 5.32 Å². The summed E-state index contributed by atoms with van der Waals surface area (Å²) >= 11 is 13.3. The third-order valence-corrected chi connectivity index (χ3v) is 3.59. The highest BCUT2D eigenvalue weighted by Crippen LogP contribution is 2.26. The second-order valence-electron chi connectivity index (χ2n) is 3.73. The second-order valence-corrected chi connectivity index (χ2v) is 5.30. The fourth-order valence-corrected chi connectivity index (χ4v) is 2.63. The van der Waals surface area contributed by atoms with E-state index in [4.69, 9.17) is 23.2 Å². The molecule has 1 amide bonds. The van der Waals surface area contributed by atoms with Gasteiger partial charge in [0.1, 0.15) is 5.69 Å². The fourth-order valence-electron chi connectivity index (χ4n) is 1.53. The van der Waals surface area contributed by atoms with Crippen LogP contribution in [-0.4, -0.2) is 10.9 Å². The number of carbonyl (C=O) groups excluding carboxylic acids is 1. The molecule has 2 aromatic rings. The topological polar surface area (TPSA) is 42.0 Å². The maximum absolute atomic E-state index is 11.8. The number of nitrogens with one attached hydrogen (secondary N) is 1. The molecular formula is C12H10Cl2N2OS. The van der Waals surface area contributed by atoms with Gasteiger partial charge in [-0.2, -0.15) is 0 Å². The number of nitrogens with zero attached hydrogens (tertiary/aromatic N) is 1. The lowest BCUT2D eigenvalue weighted by atomic mass is 10.1. The van der Waals surface area contributed by atoms with Gasteiger partial charge in [-0.25, -0.2) is 4.98 Å². The molecule has 0 spiro atoms. The fraction of sp³-hybridized carbons (Fsp3) is 0.167. The molecule has 94 valence electrons. The summed E-state index contributed by atoms with van der Waals surface area (Å²) in [7, 11) is 0. The molecule has 0 radical (unpaired) electrons. The van der Waals surface area contributed by atoms with E-state index in [1.165, 1.54) is 11.3 Å². The van der Waals surface area contributed by atoms with Gasteiger partial charge in [0, 0.05) is 15.4 Å². The van der Waals surface area contributed by atoms with E-state index in [0.29, 0.717) is 15.7 Å². The van der Waals surface area contributed by atoms with Gasteiger partial charge in [-0.3, -0.25) is 4.79 Å². The smallest absolute Gasteiger partial charge is 0.271 e. The average molecular weight is 301 g/mol. The number of carbonyl (C=O) groups is 1. The summed E-state index contributed by atoms with van der Waals surface area (Å²) in [6.45, 7) is 1.86. The zero-order valence-electron chi connectivity index (χ0n) is 9.48. The molecule has 1 atom stereocenters. The molecule has 2 rings (SSSR count). The lowest BCUT2D eigenvalue weighted by Crippen LogP contribution is -2.27. The zero-order chi connectivity index (χ0) is 13.1. The average Bonchev–Trinajstić information content (AvgIpc) is 2.81. The van der Waals surface area contributed by atoms with Crippen LogP contribution < -0.4 is 5.32 Å². The lowest BCUT2D eigenvalue weighted by molar-refractivity contribution is 0.0935. The molecule has 1 unspecified atom stereocenters. The third kappa shape index (κ3) is 3.02. The summed E-state index contributed by atoms with van der Waals surface area (Å²) in [5.41, 5.74) is 2.86. The standard InChI is InChI=1S/C12H10Cl2N2OS/c1-7(9-3-2-8(13)4-10(9)14)16-12(17)11-5-18-6-15-11/h2-7H,1H3,(H,16,17). The van der Waals surface area contributed by atoms with Crippen LogP contribution in [0.1, 0.15) is 29.0 Å². The number of halogens is 2. The van der Waals surface area contributed by atoms with E-state index < -0.39 is 0 Å². The summed E-state index contributed by atoms with van der Waals surface area (Å²) in [6, 6.07) is 5.00. The Bertz CT molecular complexity index is 557. The van der Waals surface area contributed by atoms with E-state index >= 15 is 0 Å². The zero-order valence-corrected chi connectivity index (χ0v) is 11.8. The van der Waals surface area contributed by atoms with Gasteiger partial charge in [0.2, 0.25) is 0 Å². The highest BCUT2D eigenvalue weighted by molar-refractivity contribution is 7.07. The van der Waals surface area contributed by atoms with Gasteiger partial charge >= 0.3 is 0 Å². The Morgan fingerprint density at radius 2 is 2.22 bits per heavy atom. The van der Waals surface area contributed by atoms with Crippen molar-refractivity contribution in [2.45, 2.75) is 13.0 Å². The SMILES string of the molecule is CC(NC(=O)c1cscn1)c1ccc(Cl)cc1Cl. The number of amides is 1. The van der Waals surface area contributed by atoms with Gasteiger partial charge in [0.05, 0.1) is 11.6 Å². The van der Waals surface area contributed by atoms with Gasteiger partial charge in [0.15, 0.2) is 0 Å². The first kappa shape index (κ1) is 13.3. The van der Waals surface area contributed by atoms with Crippen LogP contribution in [-0.2, 0) is 0 Å². The number of hydrogen-bond donors (Lipinski definition) is 1. The Kier molecular flexibility index (Phi) is 4.22. The molecule has 1 aromatic heterocycles. The van der Waals surface area contributed by atoms with E-state index in [1.807, 2.05) is 6.92 Å². The van der Waals surface area contributed by atoms with E-state index in [1.54, 1.807) is 29.1 Å². The minimum Gasteiger partial charge on any atom is -0.344 e. The van der Waals surface area contributed by atoms with E-state index in [0.717, 1.165) is 5.56 Å². The number of hydrogen-bond acceptors (Lipinski definition) is 3. The summed E-state index contributed by atoms with van der Waals surface area (Å²) in [5.74, 6) is -0.213. The van der Waals surface area contributed by atoms with Crippen molar-refractivity contribution in [3.05, 3.63) is 50.4 Å². The van der Waals surface area contributed by atoms with Crippen molar-refractivity contribution < 1.29 is 4.79 Å². The summed E-state index contributed by atoms with van der Waals surface area (Å²) in [5, 5.41) is 5.64. The third-order valence-electron chi connectivity index (χ3n) is 2.44. The molecule has 0 saturated heterocycles. The summed E-state index contributed by atoms with van der Waals surface area (Å²) in [4.78, 5) is 15.8. The van der Waals surface area contributed by atoms with Crippen molar-refractivity contribution in [1.82, 2.24) is 10.3 Å². The quantitative estimate of drug-likeness (QED) is 0.933. The van der Waals surface area contributed by atoms with Crippen molar-refractivity contribution in [2.75, 3.05) is 0 Å². The molecule has 1 N–H and O–H groups in total. The van der Waals surface area contributed by atoms with Crippen molar-refractivity contribution in [1.29, 1.82) is 0 Å². The van der Waals surface area contributed by atoms with Gasteiger partial charge in [-0.1, -0.05) is 29.3 Å². The van der Waals surface area contributed by atoms with Crippen molar-refractivity contribution in [2.24, 2.45) is 0 Å². The highest BCUT2D eigenvalue weighted by Gasteiger charge is 2.15. The Morgan fingerprint density at radius 1 is 1.44 bits per heavy atom. The molecule has 1 heterocycles. The molecule has 1 aromatic carbocycles. The maximum Gasteiger partial charge on any atom is 0.271 e. The van der Waals surface area contributed by atoms with Crippen LogP contribution in [0.15, 0.2) is 29.1 Å².